The fraction of sp³-hybridized carbons (Fsp3) is 0.562. The van der Waals surface area contributed by atoms with E-state index in [0.29, 0.717) is 0 Å². The predicted molar refractivity (Wildman–Crippen MR) is 90.5 cm³/mol. The van der Waals surface area contributed by atoms with E-state index in [0.717, 1.165) is 11.8 Å². The maximum absolute atomic E-state index is 12.0. The van der Waals surface area contributed by atoms with Crippen molar-refractivity contribution in [2.45, 2.75) is 33.4 Å². The molecule has 1 unspecified atom stereocenters. The molecule has 0 bridgehead atoms. The molecule has 0 spiro atoms. The minimum Gasteiger partial charge on any atom is -0.445 e. The summed E-state index contributed by atoms with van der Waals surface area (Å²) in [6, 6.07) is 8.99. The fourth-order valence-electron chi connectivity index (χ4n) is 1.84. The van der Waals surface area contributed by atoms with Gasteiger partial charge in [0.2, 0.25) is 10.0 Å². The first-order valence-corrected chi connectivity index (χ1v) is 9.23. The Kier molecular flexibility index (Phi) is 6.58. The van der Waals surface area contributed by atoms with Gasteiger partial charge in [0.1, 0.15) is 6.61 Å². The zero-order valence-corrected chi connectivity index (χ0v) is 15.2. The lowest BCUT2D eigenvalue weighted by Crippen LogP contribution is -2.51. The average molecular weight is 342 g/mol. The van der Waals surface area contributed by atoms with E-state index in [9.17, 15) is 13.2 Å². The van der Waals surface area contributed by atoms with Gasteiger partial charge >= 0.3 is 6.09 Å². The van der Waals surface area contributed by atoms with Crippen molar-refractivity contribution in [3.63, 3.8) is 0 Å². The van der Waals surface area contributed by atoms with Crippen LogP contribution >= 0.6 is 0 Å². The smallest absolute Gasteiger partial charge is 0.407 e. The lowest BCUT2D eigenvalue weighted by molar-refractivity contribution is 0.123. The summed E-state index contributed by atoms with van der Waals surface area (Å²) in [5.74, 6) is 0. The molecule has 0 fully saturated rings. The van der Waals surface area contributed by atoms with E-state index in [-0.39, 0.29) is 24.6 Å². The van der Waals surface area contributed by atoms with Crippen molar-refractivity contribution < 1.29 is 17.9 Å². The number of carbonyl (C=O) groups excluding carboxylic acids is 1. The maximum Gasteiger partial charge on any atom is 0.407 e. The summed E-state index contributed by atoms with van der Waals surface area (Å²) >= 11 is 0. The Morgan fingerprint density at radius 3 is 2.30 bits per heavy atom. The predicted octanol–water partition coefficient (Wildman–Crippen LogP) is 2.22. The van der Waals surface area contributed by atoms with Gasteiger partial charge in [-0.3, -0.25) is 0 Å². The van der Waals surface area contributed by atoms with Gasteiger partial charge in [-0.1, -0.05) is 51.1 Å². The van der Waals surface area contributed by atoms with E-state index in [1.165, 1.54) is 11.4 Å². The van der Waals surface area contributed by atoms with Crippen molar-refractivity contribution in [1.29, 1.82) is 0 Å². The Bertz CT molecular complexity index is 609. The molecule has 0 saturated heterocycles. The molecule has 130 valence electrons. The number of benzene rings is 1. The highest BCUT2D eigenvalue weighted by Gasteiger charge is 2.30. The molecule has 0 aliphatic heterocycles. The Morgan fingerprint density at radius 1 is 1.26 bits per heavy atom. The highest BCUT2D eigenvalue weighted by molar-refractivity contribution is 7.88. The summed E-state index contributed by atoms with van der Waals surface area (Å²) in [7, 11) is -1.82. The van der Waals surface area contributed by atoms with Crippen LogP contribution in [0.3, 0.4) is 0 Å². The Morgan fingerprint density at radius 2 is 1.83 bits per heavy atom. The summed E-state index contributed by atoms with van der Waals surface area (Å²) < 4.78 is 29.6. The average Bonchev–Trinajstić information content (AvgIpc) is 2.43. The van der Waals surface area contributed by atoms with Gasteiger partial charge < -0.3 is 10.1 Å². The van der Waals surface area contributed by atoms with Crippen LogP contribution in [-0.4, -0.2) is 44.7 Å². The molecule has 23 heavy (non-hydrogen) atoms. The zero-order chi connectivity index (χ0) is 17.7. The molecule has 0 aromatic heterocycles. The zero-order valence-electron chi connectivity index (χ0n) is 14.4. The third kappa shape index (κ3) is 7.00. The summed E-state index contributed by atoms with van der Waals surface area (Å²) in [4.78, 5) is 12.0. The van der Waals surface area contributed by atoms with Crippen LogP contribution in [-0.2, 0) is 21.4 Å². The molecule has 1 atom stereocenters. The highest BCUT2D eigenvalue weighted by Crippen LogP contribution is 2.20. The largest absolute Gasteiger partial charge is 0.445 e. The molecule has 0 radical (unpaired) electrons. The summed E-state index contributed by atoms with van der Waals surface area (Å²) in [6.07, 6.45) is 0.580. The van der Waals surface area contributed by atoms with Crippen LogP contribution in [0, 0.1) is 5.41 Å². The van der Waals surface area contributed by atoms with Crippen molar-refractivity contribution in [3.05, 3.63) is 35.9 Å². The van der Waals surface area contributed by atoms with Crippen LogP contribution in [0.4, 0.5) is 4.79 Å². The van der Waals surface area contributed by atoms with Crippen LogP contribution in [0.2, 0.25) is 0 Å². The number of likely N-dealkylation sites (N-methyl/N-ethyl adjacent to an activating group) is 1. The number of alkyl carbamates (subject to hydrolysis) is 1. The molecule has 0 aliphatic rings. The molecule has 7 heteroatoms. The quantitative estimate of drug-likeness (QED) is 0.860. The van der Waals surface area contributed by atoms with Gasteiger partial charge in [0.25, 0.3) is 0 Å². The summed E-state index contributed by atoms with van der Waals surface area (Å²) in [5, 5.41) is 2.76. The van der Waals surface area contributed by atoms with Gasteiger partial charge in [0.05, 0.1) is 12.3 Å². The Hall–Kier alpha value is -1.60. The number of carbonyl (C=O) groups is 1. The number of hydrogen-bond donors (Lipinski definition) is 1. The molecular weight excluding hydrogens is 316 g/mol. The number of sulfonamides is 1. The summed E-state index contributed by atoms with van der Waals surface area (Å²) in [6.45, 7) is 6.16. The molecule has 1 N–H and O–H groups in total. The van der Waals surface area contributed by atoms with Gasteiger partial charge in [-0.25, -0.2) is 17.5 Å². The van der Waals surface area contributed by atoms with Crippen molar-refractivity contribution in [3.8, 4) is 0 Å². The number of nitrogens with one attached hydrogen (secondary N) is 1. The van der Waals surface area contributed by atoms with Crippen LogP contribution in [0.1, 0.15) is 26.3 Å². The molecule has 1 aromatic carbocycles. The third-order valence-electron chi connectivity index (χ3n) is 3.56. The van der Waals surface area contributed by atoms with Crippen LogP contribution in [0.15, 0.2) is 30.3 Å². The first-order chi connectivity index (χ1) is 10.5. The monoisotopic (exact) mass is 342 g/mol. The van der Waals surface area contributed by atoms with Crippen molar-refractivity contribution in [2.24, 2.45) is 5.41 Å². The number of amides is 1. The summed E-state index contributed by atoms with van der Waals surface area (Å²) in [5.41, 5.74) is 0.577. The Labute approximate surface area is 138 Å². The SMILES string of the molecule is CN(CC(NC(=O)OCc1ccccc1)C(C)(C)C)S(C)(=O)=O. The number of hydrogen-bond acceptors (Lipinski definition) is 4. The minimum absolute atomic E-state index is 0.172. The second-order valence-electron chi connectivity index (χ2n) is 6.67. The van der Waals surface area contributed by atoms with Gasteiger partial charge in [0.15, 0.2) is 0 Å². The van der Waals surface area contributed by atoms with Gasteiger partial charge in [-0.15, -0.1) is 0 Å². The fourth-order valence-corrected chi connectivity index (χ4v) is 2.26. The molecule has 0 aliphatic carbocycles. The van der Waals surface area contributed by atoms with Gasteiger partial charge in [0, 0.05) is 13.6 Å². The number of ether oxygens (including phenoxy) is 1. The van der Waals surface area contributed by atoms with Crippen LogP contribution in [0.25, 0.3) is 0 Å². The van der Waals surface area contributed by atoms with E-state index >= 15 is 0 Å². The van der Waals surface area contributed by atoms with Gasteiger partial charge in [-0.2, -0.15) is 0 Å². The number of rotatable bonds is 6. The maximum atomic E-state index is 12.0. The van der Waals surface area contributed by atoms with E-state index < -0.39 is 16.1 Å². The lowest BCUT2D eigenvalue weighted by atomic mass is 9.87. The van der Waals surface area contributed by atoms with Crippen LogP contribution < -0.4 is 5.32 Å². The molecule has 1 amide bonds. The second kappa shape index (κ2) is 7.79. The number of nitrogens with zero attached hydrogens (tertiary/aromatic N) is 1. The normalized spacial score (nSPS) is 13.7. The van der Waals surface area contributed by atoms with E-state index in [2.05, 4.69) is 5.32 Å². The van der Waals surface area contributed by atoms with E-state index in [4.69, 9.17) is 4.74 Å². The molecule has 1 aromatic rings. The van der Waals surface area contributed by atoms with Crippen molar-refractivity contribution in [2.75, 3.05) is 19.8 Å². The topological polar surface area (TPSA) is 75.7 Å². The molecule has 0 heterocycles. The lowest BCUT2D eigenvalue weighted by Gasteiger charge is -2.33. The molecule has 1 rings (SSSR count). The van der Waals surface area contributed by atoms with Crippen molar-refractivity contribution >= 4 is 16.1 Å². The molecular formula is C16H26N2O4S. The first-order valence-electron chi connectivity index (χ1n) is 7.38. The molecule has 6 nitrogen and oxygen atoms in total. The van der Waals surface area contributed by atoms with Gasteiger partial charge in [-0.05, 0) is 11.0 Å². The standard InChI is InChI=1S/C16H26N2O4S/c1-16(2,3)14(11-18(4)23(5,20)21)17-15(19)22-12-13-9-7-6-8-10-13/h6-10,14H,11-12H2,1-5H3,(H,17,19). The van der Waals surface area contributed by atoms with E-state index in [1.54, 1.807) is 0 Å². The third-order valence-corrected chi connectivity index (χ3v) is 4.84. The minimum atomic E-state index is -3.31. The Balaban J connectivity index is 2.65. The second-order valence-corrected chi connectivity index (χ2v) is 8.76. The highest BCUT2D eigenvalue weighted by atomic mass is 32.2. The van der Waals surface area contributed by atoms with E-state index in [1.807, 2.05) is 51.1 Å². The first kappa shape index (κ1) is 19.4. The van der Waals surface area contributed by atoms with Crippen LogP contribution in [0.5, 0.6) is 0 Å². The van der Waals surface area contributed by atoms with Crippen molar-refractivity contribution in [1.82, 2.24) is 9.62 Å². The molecule has 0 saturated carbocycles.